The van der Waals surface area contributed by atoms with E-state index < -0.39 is 23.8 Å². The van der Waals surface area contributed by atoms with Gasteiger partial charge in [0.1, 0.15) is 17.1 Å². The number of anilines is 1. The Morgan fingerprint density at radius 1 is 1.12 bits per heavy atom. The molecule has 0 unspecified atom stereocenters. The van der Waals surface area contributed by atoms with Gasteiger partial charge in [-0.05, 0) is 49.4 Å². The number of fused-ring (bicyclic) bond motifs is 1. The van der Waals surface area contributed by atoms with E-state index in [4.69, 9.17) is 14.2 Å². The predicted octanol–water partition coefficient (Wildman–Crippen LogP) is 3.57. The number of halogens is 1. The Labute approximate surface area is 183 Å². The van der Waals surface area contributed by atoms with Crippen molar-refractivity contribution in [3.63, 3.8) is 0 Å². The van der Waals surface area contributed by atoms with E-state index in [0.29, 0.717) is 41.7 Å². The van der Waals surface area contributed by atoms with Gasteiger partial charge in [-0.1, -0.05) is 0 Å². The van der Waals surface area contributed by atoms with Gasteiger partial charge < -0.3 is 19.5 Å². The van der Waals surface area contributed by atoms with Crippen molar-refractivity contribution in [1.82, 2.24) is 9.78 Å². The molecule has 166 valence electrons. The van der Waals surface area contributed by atoms with Crippen LogP contribution in [0.4, 0.5) is 10.1 Å². The molecule has 0 bridgehead atoms. The van der Waals surface area contributed by atoms with Gasteiger partial charge in [-0.15, -0.1) is 0 Å². The minimum atomic E-state index is -1.08. The van der Waals surface area contributed by atoms with Crippen molar-refractivity contribution in [2.45, 2.75) is 19.4 Å². The van der Waals surface area contributed by atoms with Crippen LogP contribution in [0.1, 0.15) is 23.7 Å². The number of aromatic nitrogens is 2. The summed E-state index contributed by atoms with van der Waals surface area (Å²) in [6, 6.07) is 10.6. The number of nitrogens with one attached hydrogen (secondary N) is 1. The number of hydrogen-bond donors (Lipinski definition) is 1. The first-order valence-electron chi connectivity index (χ1n) is 10.1. The molecule has 0 radical (unpaired) electrons. The van der Waals surface area contributed by atoms with Gasteiger partial charge in [-0.3, -0.25) is 9.48 Å². The van der Waals surface area contributed by atoms with Gasteiger partial charge in [0.05, 0.1) is 13.2 Å². The third-order valence-corrected chi connectivity index (χ3v) is 4.83. The number of rotatable bonds is 5. The van der Waals surface area contributed by atoms with E-state index in [0.717, 1.165) is 6.42 Å². The van der Waals surface area contributed by atoms with Crippen molar-refractivity contribution >= 4 is 17.6 Å². The molecule has 3 aromatic rings. The van der Waals surface area contributed by atoms with Gasteiger partial charge in [-0.2, -0.15) is 5.10 Å². The highest BCUT2D eigenvalue weighted by molar-refractivity contribution is 6.00. The summed E-state index contributed by atoms with van der Waals surface area (Å²) < 4.78 is 31.3. The molecule has 0 spiro atoms. The van der Waals surface area contributed by atoms with Crippen LogP contribution < -0.4 is 14.8 Å². The van der Waals surface area contributed by atoms with Gasteiger partial charge in [-0.25, -0.2) is 9.18 Å². The Kier molecular flexibility index (Phi) is 6.07. The number of carbonyl (C=O) groups is 2. The molecular weight excluding hydrogens is 417 g/mol. The number of benzene rings is 2. The molecule has 2 heterocycles. The lowest BCUT2D eigenvalue weighted by Crippen LogP contribution is -2.30. The van der Waals surface area contributed by atoms with Crippen LogP contribution >= 0.6 is 0 Å². The molecule has 9 heteroatoms. The van der Waals surface area contributed by atoms with E-state index in [-0.39, 0.29) is 5.56 Å². The molecule has 1 aliphatic heterocycles. The molecule has 0 saturated heterocycles. The first-order valence-corrected chi connectivity index (χ1v) is 10.1. The number of carbonyl (C=O) groups excluding carboxylic acids is 2. The molecular formula is C23H22FN3O5. The SMILES string of the molecule is C[C@@H](OC(=O)c1cn(C)nc1-c1ccc2c(c1)OCCCO2)C(=O)Nc1ccc(F)cc1. The fourth-order valence-electron chi connectivity index (χ4n) is 3.22. The summed E-state index contributed by atoms with van der Waals surface area (Å²) in [7, 11) is 1.69. The lowest BCUT2D eigenvalue weighted by Gasteiger charge is -2.14. The normalized spacial score (nSPS) is 13.7. The number of esters is 1. The predicted molar refractivity (Wildman–Crippen MR) is 114 cm³/mol. The number of nitrogens with zero attached hydrogens (tertiary/aromatic N) is 2. The fourth-order valence-corrected chi connectivity index (χ4v) is 3.22. The summed E-state index contributed by atoms with van der Waals surface area (Å²) in [5.74, 6) is -0.427. The molecule has 4 rings (SSSR count). The number of ether oxygens (including phenoxy) is 3. The highest BCUT2D eigenvalue weighted by Crippen LogP contribution is 2.35. The summed E-state index contributed by atoms with van der Waals surface area (Å²) in [6.45, 7) is 2.57. The quantitative estimate of drug-likeness (QED) is 0.611. The maximum absolute atomic E-state index is 13.0. The minimum Gasteiger partial charge on any atom is -0.490 e. The lowest BCUT2D eigenvalue weighted by atomic mass is 10.1. The Hall–Kier alpha value is -3.88. The van der Waals surface area contributed by atoms with Gasteiger partial charge in [0.15, 0.2) is 17.6 Å². The van der Waals surface area contributed by atoms with Gasteiger partial charge in [0.2, 0.25) is 0 Å². The molecule has 1 aromatic heterocycles. The third-order valence-electron chi connectivity index (χ3n) is 4.83. The van der Waals surface area contributed by atoms with Crippen LogP contribution in [-0.4, -0.2) is 41.0 Å². The Morgan fingerprint density at radius 3 is 2.59 bits per heavy atom. The summed E-state index contributed by atoms with van der Waals surface area (Å²) >= 11 is 0. The molecule has 2 aromatic carbocycles. The molecule has 1 amide bonds. The molecule has 32 heavy (non-hydrogen) atoms. The molecule has 0 fully saturated rings. The Bertz CT molecular complexity index is 1140. The van der Waals surface area contributed by atoms with Crippen LogP contribution in [0.15, 0.2) is 48.7 Å². The minimum absolute atomic E-state index is 0.212. The average Bonchev–Trinajstić information content (AvgIpc) is 3.01. The fraction of sp³-hybridized carbons (Fsp3) is 0.261. The Morgan fingerprint density at radius 2 is 1.84 bits per heavy atom. The smallest absolute Gasteiger partial charge is 0.342 e. The van der Waals surface area contributed by atoms with E-state index in [1.54, 1.807) is 25.2 Å². The van der Waals surface area contributed by atoms with Crippen molar-refractivity contribution < 1.29 is 28.2 Å². The van der Waals surface area contributed by atoms with Crippen LogP contribution in [0.3, 0.4) is 0 Å². The van der Waals surface area contributed by atoms with E-state index in [2.05, 4.69) is 10.4 Å². The molecule has 0 aliphatic carbocycles. The van der Waals surface area contributed by atoms with Gasteiger partial charge in [0.25, 0.3) is 5.91 Å². The van der Waals surface area contributed by atoms with Crippen LogP contribution in [0, 0.1) is 5.82 Å². The molecule has 1 atom stereocenters. The summed E-state index contributed by atoms with van der Waals surface area (Å²) in [4.78, 5) is 25.2. The third kappa shape index (κ3) is 4.72. The largest absolute Gasteiger partial charge is 0.490 e. The van der Waals surface area contributed by atoms with E-state index in [9.17, 15) is 14.0 Å². The van der Waals surface area contributed by atoms with Gasteiger partial charge in [0, 0.05) is 30.9 Å². The van der Waals surface area contributed by atoms with Crippen molar-refractivity contribution in [3.8, 4) is 22.8 Å². The second-order valence-corrected chi connectivity index (χ2v) is 7.32. The lowest BCUT2D eigenvalue weighted by molar-refractivity contribution is -0.123. The van der Waals surface area contributed by atoms with Crippen LogP contribution in [0.2, 0.25) is 0 Å². The molecule has 1 N–H and O–H groups in total. The van der Waals surface area contributed by atoms with Gasteiger partial charge >= 0.3 is 5.97 Å². The number of hydrogen-bond acceptors (Lipinski definition) is 6. The second-order valence-electron chi connectivity index (χ2n) is 7.32. The summed E-state index contributed by atoms with van der Waals surface area (Å²) in [6.07, 6.45) is 1.23. The second kappa shape index (κ2) is 9.09. The summed E-state index contributed by atoms with van der Waals surface area (Å²) in [5.41, 5.74) is 1.67. The van der Waals surface area contributed by atoms with Crippen LogP contribution in [0.5, 0.6) is 11.5 Å². The van der Waals surface area contributed by atoms with Crippen molar-refractivity contribution in [2.75, 3.05) is 18.5 Å². The standard InChI is InChI=1S/C23H22FN3O5/c1-14(22(28)25-17-7-5-16(24)6-8-17)32-23(29)18-13-27(2)26-21(18)15-4-9-19-20(12-15)31-11-3-10-30-19/h4-9,12-14H,3,10-11H2,1-2H3,(H,25,28)/t14-/m1/s1. The van der Waals surface area contributed by atoms with Crippen molar-refractivity contribution in [3.05, 3.63) is 60.0 Å². The highest BCUT2D eigenvalue weighted by atomic mass is 19.1. The first kappa shape index (κ1) is 21.4. The molecule has 1 aliphatic rings. The van der Waals surface area contributed by atoms with Crippen LogP contribution in [-0.2, 0) is 16.6 Å². The van der Waals surface area contributed by atoms with E-state index in [1.807, 2.05) is 0 Å². The average molecular weight is 439 g/mol. The van der Waals surface area contributed by atoms with E-state index >= 15 is 0 Å². The van der Waals surface area contributed by atoms with Crippen LogP contribution in [0.25, 0.3) is 11.3 Å². The zero-order chi connectivity index (χ0) is 22.7. The zero-order valence-electron chi connectivity index (χ0n) is 17.6. The van der Waals surface area contributed by atoms with E-state index in [1.165, 1.54) is 42.1 Å². The number of aryl methyl sites for hydroxylation is 1. The first-order chi connectivity index (χ1) is 15.4. The highest BCUT2D eigenvalue weighted by Gasteiger charge is 2.24. The maximum atomic E-state index is 13.0. The molecule has 8 nitrogen and oxygen atoms in total. The Balaban J connectivity index is 1.50. The monoisotopic (exact) mass is 439 g/mol. The molecule has 0 saturated carbocycles. The topological polar surface area (TPSA) is 91.7 Å². The zero-order valence-corrected chi connectivity index (χ0v) is 17.6. The van der Waals surface area contributed by atoms with Crippen molar-refractivity contribution in [1.29, 1.82) is 0 Å². The maximum Gasteiger partial charge on any atom is 0.342 e. The summed E-state index contributed by atoms with van der Waals surface area (Å²) in [5, 5.41) is 6.97. The number of amides is 1. The van der Waals surface area contributed by atoms with Crippen molar-refractivity contribution in [2.24, 2.45) is 7.05 Å².